The van der Waals surface area contributed by atoms with Crippen molar-refractivity contribution >= 4 is 27.7 Å². The van der Waals surface area contributed by atoms with Crippen LogP contribution in [0.15, 0.2) is 59.6 Å². The highest BCUT2D eigenvalue weighted by atomic mass is 32.2. The molecule has 0 saturated heterocycles. The first-order valence-corrected chi connectivity index (χ1v) is 19.2. The normalized spacial score (nSPS) is 19.6. The number of anilines is 2. The molecule has 3 heterocycles. The van der Waals surface area contributed by atoms with E-state index in [2.05, 4.69) is 30.5 Å². The van der Waals surface area contributed by atoms with E-state index in [0.29, 0.717) is 47.2 Å². The zero-order chi connectivity index (χ0) is 35.4. The SMILES string of the molecule is Cc1cccc(C)c1-c1cc2nc(n1)NS(=O)(=O)c1cccc(c1)C(=O)N(Cc1nc(N(C)C3CC4(CC4)C3)cnc1C)[C@H](CC(C)C)CC2. The van der Waals surface area contributed by atoms with Crippen molar-refractivity contribution in [1.29, 1.82) is 0 Å². The molecule has 1 N–H and O–H groups in total. The number of nitrogens with zero attached hydrogens (tertiary/aromatic N) is 6. The third-order valence-corrected chi connectivity index (χ3v) is 12.2. The number of aromatic nitrogens is 4. The maximum atomic E-state index is 14.6. The lowest BCUT2D eigenvalue weighted by atomic mass is 9.76. The van der Waals surface area contributed by atoms with E-state index in [1.54, 1.807) is 12.1 Å². The van der Waals surface area contributed by atoms with Crippen molar-refractivity contribution in [3.63, 3.8) is 0 Å². The van der Waals surface area contributed by atoms with Gasteiger partial charge in [-0.3, -0.25) is 9.78 Å². The van der Waals surface area contributed by atoms with Crippen LogP contribution in [0.3, 0.4) is 0 Å². The van der Waals surface area contributed by atoms with Crippen molar-refractivity contribution in [2.24, 2.45) is 11.3 Å². The molecule has 2 aromatic heterocycles. The van der Waals surface area contributed by atoms with E-state index in [-0.39, 0.29) is 29.3 Å². The number of nitrogens with one attached hydrogen (secondary N) is 1. The molecule has 10 nitrogen and oxygen atoms in total. The minimum absolute atomic E-state index is 0.0132. The number of aryl methyl sites for hydroxylation is 4. The quantitative estimate of drug-likeness (QED) is 0.219. The molecule has 1 spiro atoms. The number of hydrogen-bond acceptors (Lipinski definition) is 8. The predicted molar refractivity (Wildman–Crippen MR) is 195 cm³/mol. The van der Waals surface area contributed by atoms with Gasteiger partial charge in [0.25, 0.3) is 15.9 Å². The summed E-state index contributed by atoms with van der Waals surface area (Å²) in [5.41, 5.74) is 6.77. The van der Waals surface area contributed by atoms with Crippen LogP contribution in [0, 0.1) is 32.1 Å². The summed E-state index contributed by atoms with van der Waals surface area (Å²) >= 11 is 0. The zero-order valence-corrected chi connectivity index (χ0v) is 30.7. The van der Waals surface area contributed by atoms with Crippen LogP contribution in [0.25, 0.3) is 11.3 Å². The van der Waals surface area contributed by atoms with Crippen molar-refractivity contribution < 1.29 is 13.2 Å². The van der Waals surface area contributed by atoms with Crippen LogP contribution in [-0.2, 0) is 23.0 Å². The van der Waals surface area contributed by atoms with Crippen molar-refractivity contribution in [3.8, 4) is 11.3 Å². The highest BCUT2D eigenvalue weighted by Gasteiger charge is 2.54. The Morgan fingerprint density at radius 3 is 2.42 bits per heavy atom. The lowest BCUT2D eigenvalue weighted by molar-refractivity contribution is 0.0620. The average Bonchev–Trinajstić information content (AvgIpc) is 3.86. The molecular weight excluding hydrogens is 647 g/mol. The first kappa shape index (κ1) is 34.1. The minimum Gasteiger partial charge on any atom is -0.355 e. The van der Waals surface area contributed by atoms with E-state index in [9.17, 15) is 13.2 Å². The van der Waals surface area contributed by atoms with Gasteiger partial charge in [-0.25, -0.2) is 28.1 Å². The van der Waals surface area contributed by atoms with Gasteiger partial charge in [-0.15, -0.1) is 0 Å². The summed E-state index contributed by atoms with van der Waals surface area (Å²) in [6.45, 7) is 10.6. The van der Waals surface area contributed by atoms with Gasteiger partial charge < -0.3 is 9.80 Å². The molecule has 50 heavy (non-hydrogen) atoms. The Hall–Kier alpha value is -4.38. The van der Waals surface area contributed by atoms with E-state index in [1.807, 2.05) is 56.1 Å². The molecule has 4 aromatic rings. The first-order chi connectivity index (χ1) is 23.8. The standard InChI is InChI=1S/C39H47N7O3S/c1-24(2)17-30-14-13-29-19-33(36-25(3)9-7-10-26(36)4)43-38(41-29)44-50(48,49)32-12-8-11-28(18-32)37(47)46(30)23-34-27(5)40-22-35(42-34)45(6)31-20-39(21-31)15-16-39/h7-12,18-19,22,24,30-31H,13-17,20-21,23H2,1-6H3,(H,41,43,44)/t30-/m0/s1. The maximum absolute atomic E-state index is 14.6. The molecule has 4 bridgehead atoms. The fraction of sp³-hybridized carbons (Fsp3) is 0.462. The molecule has 2 fully saturated rings. The number of carbonyl (C=O) groups is 1. The van der Waals surface area contributed by atoms with Crippen molar-refractivity contribution in [1.82, 2.24) is 24.8 Å². The van der Waals surface area contributed by atoms with E-state index < -0.39 is 10.0 Å². The number of amides is 1. The molecule has 7 rings (SSSR count). The van der Waals surface area contributed by atoms with Crippen LogP contribution in [0.2, 0.25) is 0 Å². The number of carbonyl (C=O) groups excluding carboxylic acids is 1. The Balaban J connectivity index is 1.30. The number of sulfonamides is 1. The second-order valence-electron chi connectivity index (χ2n) is 15.2. The van der Waals surface area contributed by atoms with Gasteiger partial charge in [0.05, 0.1) is 34.7 Å². The molecule has 1 amide bonds. The van der Waals surface area contributed by atoms with Crippen LogP contribution < -0.4 is 9.62 Å². The fourth-order valence-electron chi connectivity index (χ4n) is 7.73. The van der Waals surface area contributed by atoms with Crippen molar-refractivity contribution in [2.75, 3.05) is 16.7 Å². The summed E-state index contributed by atoms with van der Waals surface area (Å²) < 4.78 is 30.2. The number of rotatable bonds is 7. The molecule has 11 heteroatoms. The van der Waals surface area contributed by atoms with Crippen molar-refractivity contribution in [2.45, 2.75) is 103 Å². The van der Waals surface area contributed by atoms with Gasteiger partial charge in [-0.05, 0) is 112 Å². The van der Waals surface area contributed by atoms with E-state index in [1.165, 1.54) is 37.8 Å². The molecule has 262 valence electrons. The van der Waals surface area contributed by atoms with Crippen LogP contribution in [0.1, 0.15) is 90.9 Å². The maximum Gasteiger partial charge on any atom is 0.264 e. The predicted octanol–water partition coefficient (Wildman–Crippen LogP) is 7.04. The summed E-state index contributed by atoms with van der Waals surface area (Å²) in [6, 6.07) is 14.5. The first-order valence-electron chi connectivity index (χ1n) is 17.7. The number of fused-ring (bicyclic) bond motifs is 4. The molecule has 0 unspecified atom stereocenters. The van der Waals surface area contributed by atoms with Gasteiger partial charge in [0.15, 0.2) is 0 Å². The van der Waals surface area contributed by atoms with E-state index in [0.717, 1.165) is 40.3 Å². The number of hydrogen-bond donors (Lipinski definition) is 1. The van der Waals surface area contributed by atoms with Gasteiger partial charge in [0, 0.05) is 36.0 Å². The van der Waals surface area contributed by atoms with Crippen LogP contribution >= 0.6 is 0 Å². The topological polar surface area (TPSA) is 121 Å². The summed E-state index contributed by atoms with van der Waals surface area (Å²) in [4.78, 5) is 38.0. The molecule has 2 saturated carbocycles. The van der Waals surface area contributed by atoms with Gasteiger partial charge in [0.1, 0.15) is 5.82 Å². The molecule has 0 radical (unpaired) electrons. The fourth-order valence-corrected chi connectivity index (χ4v) is 8.72. The van der Waals surface area contributed by atoms with Crippen LogP contribution in [0.4, 0.5) is 11.8 Å². The van der Waals surface area contributed by atoms with E-state index >= 15 is 0 Å². The zero-order valence-electron chi connectivity index (χ0n) is 29.9. The second-order valence-corrected chi connectivity index (χ2v) is 16.8. The Labute approximate surface area is 295 Å². The molecule has 1 aliphatic heterocycles. The molecular formula is C39H47N7O3S. The van der Waals surface area contributed by atoms with Gasteiger partial charge in [-0.2, -0.15) is 0 Å². The second kappa shape index (κ2) is 13.1. The molecule has 1 atom stereocenters. The van der Waals surface area contributed by atoms with E-state index in [4.69, 9.17) is 19.9 Å². The monoisotopic (exact) mass is 693 g/mol. The summed E-state index contributed by atoms with van der Waals surface area (Å²) in [7, 11) is -2.02. The highest BCUT2D eigenvalue weighted by molar-refractivity contribution is 7.92. The average molecular weight is 694 g/mol. The summed E-state index contributed by atoms with van der Waals surface area (Å²) in [5, 5.41) is 0. The summed E-state index contributed by atoms with van der Waals surface area (Å²) in [6.07, 6.45) is 8.78. The highest BCUT2D eigenvalue weighted by Crippen LogP contribution is 2.61. The van der Waals surface area contributed by atoms with Crippen molar-refractivity contribution in [3.05, 3.63) is 88.5 Å². The Bertz CT molecular complexity index is 2030. The number of benzene rings is 2. The third-order valence-electron chi connectivity index (χ3n) is 10.9. The Morgan fingerprint density at radius 1 is 1.00 bits per heavy atom. The summed E-state index contributed by atoms with van der Waals surface area (Å²) in [5.74, 6) is 0.884. The van der Waals surface area contributed by atoms with Gasteiger partial charge in [-0.1, -0.05) is 38.1 Å². The smallest absolute Gasteiger partial charge is 0.264 e. The lowest BCUT2D eigenvalue weighted by Gasteiger charge is -2.42. The van der Waals surface area contributed by atoms with Gasteiger partial charge >= 0.3 is 0 Å². The lowest BCUT2D eigenvalue weighted by Crippen LogP contribution is -2.44. The third kappa shape index (κ3) is 6.84. The van der Waals surface area contributed by atoms with Gasteiger partial charge in [0.2, 0.25) is 5.95 Å². The molecule has 2 aliphatic carbocycles. The largest absolute Gasteiger partial charge is 0.355 e. The minimum atomic E-state index is -4.11. The van der Waals surface area contributed by atoms with Crippen LogP contribution in [-0.4, -0.2) is 58.3 Å². The Kier molecular flexibility index (Phi) is 8.90. The molecule has 2 aromatic carbocycles. The molecule has 3 aliphatic rings. The van der Waals surface area contributed by atoms with Crippen LogP contribution in [0.5, 0.6) is 0 Å². The Morgan fingerprint density at radius 2 is 1.72 bits per heavy atom.